The molecule has 0 aliphatic heterocycles. The number of aldehydes is 1. The maximum absolute atomic E-state index is 10.6. The number of ether oxygens (including phenoxy) is 1. The van der Waals surface area contributed by atoms with Crippen molar-refractivity contribution >= 4 is 17.6 Å². The van der Waals surface area contributed by atoms with Crippen LogP contribution in [-0.4, -0.2) is 6.29 Å². The first-order chi connectivity index (χ1) is 8.10. The normalized spacial score (nSPS) is 10.3. The predicted molar refractivity (Wildman–Crippen MR) is 70.4 cm³/mol. The number of benzene rings is 1. The highest BCUT2D eigenvalue weighted by Gasteiger charge is 2.07. The lowest BCUT2D eigenvalue weighted by atomic mass is 10.1. The summed E-state index contributed by atoms with van der Waals surface area (Å²) in [6.07, 6.45) is 0.839. The summed E-state index contributed by atoms with van der Waals surface area (Å²) in [5.41, 5.74) is 3.52. The van der Waals surface area contributed by atoms with Crippen molar-refractivity contribution in [3.8, 4) is 11.5 Å². The molecule has 0 fully saturated rings. The average molecular weight is 246 g/mol. The molecule has 0 radical (unpaired) electrons. The minimum Gasteiger partial charge on any atom is -0.456 e. The molecule has 88 valence electrons. The number of carbonyl (C=O) groups is 1. The summed E-state index contributed by atoms with van der Waals surface area (Å²) in [6, 6.07) is 5.90. The van der Waals surface area contributed by atoms with E-state index in [1.54, 1.807) is 6.07 Å². The lowest BCUT2D eigenvalue weighted by Gasteiger charge is -2.10. The van der Waals surface area contributed by atoms with Crippen LogP contribution in [-0.2, 0) is 0 Å². The molecule has 17 heavy (non-hydrogen) atoms. The molecule has 3 heteroatoms. The fraction of sp³-hybridized carbons (Fsp3) is 0.214. The lowest BCUT2D eigenvalue weighted by Crippen LogP contribution is -1.90. The Hall–Kier alpha value is -1.61. The number of carbonyl (C=O) groups excluding carboxylic acids is 1. The van der Waals surface area contributed by atoms with Gasteiger partial charge in [0, 0.05) is 11.4 Å². The van der Waals surface area contributed by atoms with Gasteiger partial charge in [-0.15, -0.1) is 11.3 Å². The summed E-state index contributed by atoms with van der Waals surface area (Å²) in [7, 11) is 0. The molecule has 1 heterocycles. The second-order valence-electron chi connectivity index (χ2n) is 4.11. The van der Waals surface area contributed by atoms with Crippen LogP contribution >= 0.6 is 11.3 Å². The van der Waals surface area contributed by atoms with Gasteiger partial charge in [-0.3, -0.25) is 4.79 Å². The molecule has 1 aromatic heterocycles. The van der Waals surface area contributed by atoms with Crippen LogP contribution in [0.5, 0.6) is 11.5 Å². The molecule has 0 unspecified atom stereocenters. The summed E-state index contributed by atoms with van der Waals surface area (Å²) in [6.45, 7) is 6.15. The fourth-order valence-electron chi connectivity index (χ4n) is 1.68. The Labute approximate surface area is 105 Å². The van der Waals surface area contributed by atoms with Crippen molar-refractivity contribution in [1.29, 1.82) is 0 Å². The Morgan fingerprint density at radius 1 is 1.18 bits per heavy atom. The Morgan fingerprint density at radius 3 is 2.59 bits per heavy atom. The molecule has 0 N–H and O–H groups in total. The number of aryl methyl sites for hydroxylation is 2. The Kier molecular flexibility index (Phi) is 3.29. The van der Waals surface area contributed by atoms with Gasteiger partial charge in [0.05, 0.1) is 4.88 Å². The van der Waals surface area contributed by atoms with Crippen molar-refractivity contribution in [3.05, 3.63) is 45.1 Å². The van der Waals surface area contributed by atoms with Crippen molar-refractivity contribution in [2.45, 2.75) is 20.8 Å². The molecule has 0 bridgehead atoms. The van der Waals surface area contributed by atoms with E-state index in [4.69, 9.17) is 4.74 Å². The highest BCUT2D eigenvalue weighted by molar-refractivity contribution is 7.11. The van der Waals surface area contributed by atoms with Crippen molar-refractivity contribution < 1.29 is 9.53 Å². The van der Waals surface area contributed by atoms with Crippen LogP contribution in [0.15, 0.2) is 23.6 Å². The molecule has 2 nitrogen and oxygen atoms in total. The van der Waals surface area contributed by atoms with Crippen LogP contribution in [0.1, 0.15) is 26.4 Å². The van der Waals surface area contributed by atoms with E-state index < -0.39 is 0 Å². The van der Waals surface area contributed by atoms with Gasteiger partial charge >= 0.3 is 0 Å². The highest BCUT2D eigenvalue weighted by Crippen LogP contribution is 2.30. The summed E-state index contributed by atoms with van der Waals surface area (Å²) < 4.78 is 5.80. The average Bonchev–Trinajstić information content (AvgIpc) is 2.73. The predicted octanol–water partition coefficient (Wildman–Crippen LogP) is 4.28. The second-order valence-corrected chi connectivity index (χ2v) is 5.05. The van der Waals surface area contributed by atoms with Crippen molar-refractivity contribution in [2.75, 3.05) is 0 Å². The van der Waals surface area contributed by atoms with Gasteiger partial charge in [-0.05, 0) is 43.5 Å². The van der Waals surface area contributed by atoms with Crippen LogP contribution in [0.3, 0.4) is 0 Å². The van der Waals surface area contributed by atoms with Crippen LogP contribution in [0.25, 0.3) is 0 Å². The molecule has 0 aliphatic rings. The van der Waals surface area contributed by atoms with E-state index in [-0.39, 0.29) is 0 Å². The molecule has 0 amide bonds. The molecular formula is C14H14O2S. The van der Waals surface area contributed by atoms with Crippen LogP contribution in [0.2, 0.25) is 0 Å². The minimum absolute atomic E-state index is 0.682. The summed E-state index contributed by atoms with van der Waals surface area (Å²) in [4.78, 5) is 11.3. The highest BCUT2D eigenvalue weighted by atomic mass is 32.1. The van der Waals surface area contributed by atoms with E-state index in [9.17, 15) is 4.79 Å². The molecule has 0 aliphatic carbocycles. The van der Waals surface area contributed by atoms with Gasteiger partial charge in [-0.1, -0.05) is 6.07 Å². The van der Waals surface area contributed by atoms with Gasteiger partial charge in [0.2, 0.25) is 0 Å². The first kappa shape index (κ1) is 11.9. The number of rotatable bonds is 3. The van der Waals surface area contributed by atoms with E-state index in [1.165, 1.54) is 22.5 Å². The van der Waals surface area contributed by atoms with E-state index in [0.717, 1.165) is 23.3 Å². The van der Waals surface area contributed by atoms with E-state index >= 15 is 0 Å². The second kappa shape index (κ2) is 4.72. The SMILES string of the molecule is Cc1cc(C)c(C)c(Oc2csc(C=O)c2)c1. The van der Waals surface area contributed by atoms with E-state index in [0.29, 0.717) is 4.88 Å². The monoisotopic (exact) mass is 246 g/mol. The third kappa shape index (κ3) is 2.56. The fourth-order valence-corrected chi connectivity index (χ4v) is 2.29. The molecule has 2 aromatic rings. The molecule has 0 saturated heterocycles. The largest absolute Gasteiger partial charge is 0.456 e. The minimum atomic E-state index is 0.682. The first-order valence-corrected chi connectivity index (χ1v) is 6.27. The summed E-state index contributed by atoms with van der Waals surface area (Å²) in [5, 5.41) is 1.85. The molecule has 1 aromatic carbocycles. The van der Waals surface area contributed by atoms with Gasteiger partial charge in [-0.25, -0.2) is 0 Å². The lowest BCUT2D eigenvalue weighted by molar-refractivity contribution is 0.112. The Bertz CT molecular complexity index is 555. The topological polar surface area (TPSA) is 26.3 Å². The zero-order valence-corrected chi connectivity index (χ0v) is 10.9. The third-order valence-electron chi connectivity index (χ3n) is 2.70. The van der Waals surface area contributed by atoms with Gasteiger partial charge in [0.15, 0.2) is 6.29 Å². The van der Waals surface area contributed by atoms with Crippen LogP contribution < -0.4 is 4.74 Å². The molecule has 0 spiro atoms. The zero-order valence-electron chi connectivity index (χ0n) is 10.1. The van der Waals surface area contributed by atoms with Gasteiger partial charge in [0.1, 0.15) is 11.5 Å². The van der Waals surface area contributed by atoms with Gasteiger partial charge in [-0.2, -0.15) is 0 Å². The van der Waals surface area contributed by atoms with E-state index in [1.807, 2.05) is 25.3 Å². The van der Waals surface area contributed by atoms with Gasteiger partial charge in [0.25, 0.3) is 0 Å². The number of thiophene rings is 1. The molecule has 2 rings (SSSR count). The maximum Gasteiger partial charge on any atom is 0.160 e. The van der Waals surface area contributed by atoms with Crippen LogP contribution in [0.4, 0.5) is 0 Å². The van der Waals surface area contributed by atoms with Gasteiger partial charge < -0.3 is 4.74 Å². The number of hydrogen-bond acceptors (Lipinski definition) is 3. The maximum atomic E-state index is 10.6. The first-order valence-electron chi connectivity index (χ1n) is 5.39. The van der Waals surface area contributed by atoms with Crippen LogP contribution in [0, 0.1) is 20.8 Å². The number of hydrogen-bond donors (Lipinski definition) is 0. The van der Waals surface area contributed by atoms with E-state index in [2.05, 4.69) is 13.0 Å². The molecule has 0 atom stereocenters. The summed E-state index contributed by atoms with van der Waals surface area (Å²) in [5.74, 6) is 1.59. The standard InChI is InChI=1S/C14H14O2S/c1-9-4-10(2)11(3)14(5-9)16-12-6-13(7-15)17-8-12/h4-8H,1-3H3. The van der Waals surface area contributed by atoms with Crippen molar-refractivity contribution in [3.63, 3.8) is 0 Å². The Morgan fingerprint density at radius 2 is 1.94 bits per heavy atom. The van der Waals surface area contributed by atoms with Crippen molar-refractivity contribution in [2.24, 2.45) is 0 Å². The smallest absolute Gasteiger partial charge is 0.160 e. The third-order valence-corrected chi connectivity index (χ3v) is 3.54. The zero-order chi connectivity index (χ0) is 12.4. The summed E-state index contributed by atoms with van der Waals surface area (Å²) >= 11 is 1.39. The quantitative estimate of drug-likeness (QED) is 0.756. The molecule has 0 saturated carbocycles. The Balaban J connectivity index is 2.32. The molecular weight excluding hydrogens is 232 g/mol. The van der Waals surface area contributed by atoms with Crippen molar-refractivity contribution in [1.82, 2.24) is 0 Å².